The molecule has 1 N–H and O–H groups in total. The van der Waals surface area contributed by atoms with Gasteiger partial charge in [0, 0.05) is 5.92 Å². The fourth-order valence-corrected chi connectivity index (χ4v) is 1.91. The molecule has 1 amide bonds. The zero-order valence-electron chi connectivity index (χ0n) is 10.4. The van der Waals surface area contributed by atoms with E-state index in [2.05, 4.69) is 24.1 Å². The van der Waals surface area contributed by atoms with E-state index in [1.807, 2.05) is 0 Å². The quantitative estimate of drug-likeness (QED) is 0.783. The first-order valence-corrected chi connectivity index (χ1v) is 6.47. The molecule has 94 valence electrons. The fourth-order valence-electron chi connectivity index (χ4n) is 1.80. The zero-order valence-corrected chi connectivity index (χ0v) is 11.1. The summed E-state index contributed by atoms with van der Waals surface area (Å²) in [6.45, 7) is 4.19. The van der Waals surface area contributed by atoms with E-state index in [0.29, 0.717) is 10.8 Å². The summed E-state index contributed by atoms with van der Waals surface area (Å²) in [5.41, 5.74) is 0.705. The Morgan fingerprint density at radius 3 is 2.47 bits per heavy atom. The number of carbonyl (C=O) groups is 1. The highest BCUT2D eigenvalue weighted by molar-refractivity contribution is 6.29. The molecule has 0 saturated heterocycles. The van der Waals surface area contributed by atoms with Gasteiger partial charge in [0.25, 0.3) is 0 Å². The summed E-state index contributed by atoms with van der Waals surface area (Å²) < 4.78 is 0. The van der Waals surface area contributed by atoms with Gasteiger partial charge in [-0.25, -0.2) is 4.98 Å². The monoisotopic (exact) mass is 254 g/mol. The second kappa shape index (κ2) is 7.28. The summed E-state index contributed by atoms with van der Waals surface area (Å²) in [5, 5.41) is 3.31. The van der Waals surface area contributed by atoms with Crippen LogP contribution in [-0.4, -0.2) is 10.9 Å². The van der Waals surface area contributed by atoms with Crippen molar-refractivity contribution in [2.75, 3.05) is 5.32 Å². The second-order valence-electron chi connectivity index (χ2n) is 4.13. The molecule has 1 heterocycles. The molecule has 0 aliphatic carbocycles. The van der Waals surface area contributed by atoms with Crippen LogP contribution in [0.25, 0.3) is 0 Å². The second-order valence-corrected chi connectivity index (χ2v) is 4.52. The summed E-state index contributed by atoms with van der Waals surface area (Å²) in [4.78, 5) is 15.9. The number of amides is 1. The van der Waals surface area contributed by atoms with Crippen molar-refractivity contribution < 1.29 is 4.79 Å². The van der Waals surface area contributed by atoms with Gasteiger partial charge >= 0.3 is 0 Å². The number of halogens is 1. The lowest BCUT2D eigenvalue weighted by Gasteiger charge is -2.14. The van der Waals surface area contributed by atoms with Crippen molar-refractivity contribution in [3.63, 3.8) is 0 Å². The maximum Gasteiger partial charge on any atom is 0.227 e. The molecule has 0 saturated carbocycles. The number of carbonyl (C=O) groups excluding carboxylic acids is 1. The maximum absolute atomic E-state index is 12.0. The van der Waals surface area contributed by atoms with Crippen LogP contribution in [0, 0.1) is 5.92 Å². The predicted octanol–water partition coefficient (Wildman–Crippen LogP) is 3.89. The number of rotatable bonds is 6. The lowest BCUT2D eigenvalue weighted by atomic mass is 9.97. The predicted molar refractivity (Wildman–Crippen MR) is 71.2 cm³/mol. The Kier molecular flexibility index (Phi) is 5.98. The summed E-state index contributed by atoms with van der Waals surface area (Å²) in [6.07, 6.45) is 5.49. The molecule has 0 unspecified atom stereocenters. The summed E-state index contributed by atoms with van der Waals surface area (Å²) in [5.74, 6) is 0.179. The van der Waals surface area contributed by atoms with Crippen LogP contribution in [0.1, 0.15) is 39.5 Å². The van der Waals surface area contributed by atoms with E-state index in [0.717, 1.165) is 25.7 Å². The van der Waals surface area contributed by atoms with E-state index in [1.54, 1.807) is 18.3 Å². The summed E-state index contributed by atoms with van der Waals surface area (Å²) >= 11 is 5.69. The number of aromatic nitrogens is 1. The lowest BCUT2D eigenvalue weighted by molar-refractivity contribution is -0.120. The third-order valence-electron chi connectivity index (χ3n) is 2.64. The van der Waals surface area contributed by atoms with Crippen LogP contribution in [0.4, 0.5) is 5.69 Å². The molecule has 1 rings (SSSR count). The highest BCUT2D eigenvalue weighted by atomic mass is 35.5. The summed E-state index contributed by atoms with van der Waals surface area (Å²) in [6, 6.07) is 3.44. The Labute approximate surface area is 108 Å². The van der Waals surface area contributed by atoms with Crippen LogP contribution in [-0.2, 0) is 4.79 Å². The first-order chi connectivity index (χ1) is 8.17. The van der Waals surface area contributed by atoms with E-state index in [4.69, 9.17) is 11.6 Å². The van der Waals surface area contributed by atoms with Gasteiger partial charge in [0.15, 0.2) is 0 Å². The molecule has 0 fully saturated rings. The minimum Gasteiger partial charge on any atom is -0.324 e. The fraction of sp³-hybridized carbons (Fsp3) is 0.538. The highest BCUT2D eigenvalue weighted by Gasteiger charge is 2.16. The third-order valence-corrected chi connectivity index (χ3v) is 2.86. The highest BCUT2D eigenvalue weighted by Crippen LogP contribution is 2.17. The van der Waals surface area contributed by atoms with E-state index >= 15 is 0 Å². The Morgan fingerprint density at radius 2 is 2.00 bits per heavy atom. The van der Waals surface area contributed by atoms with Crippen LogP contribution >= 0.6 is 11.6 Å². The van der Waals surface area contributed by atoms with Crippen LogP contribution in [0.2, 0.25) is 5.15 Å². The average molecular weight is 255 g/mol. The number of nitrogens with zero attached hydrogens (tertiary/aromatic N) is 1. The zero-order chi connectivity index (χ0) is 12.7. The Morgan fingerprint density at radius 1 is 1.35 bits per heavy atom. The van der Waals surface area contributed by atoms with Gasteiger partial charge in [-0.3, -0.25) is 4.79 Å². The molecule has 0 aliphatic rings. The number of pyridine rings is 1. The molecular formula is C13H19ClN2O. The van der Waals surface area contributed by atoms with E-state index in [9.17, 15) is 4.79 Å². The van der Waals surface area contributed by atoms with Crippen LogP contribution in [0.5, 0.6) is 0 Å². The van der Waals surface area contributed by atoms with Crippen molar-refractivity contribution in [2.45, 2.75) is 39.5 Å². The number of hydrogen-bond acceptors (Lipinski definition) is 2. The van der Waals surface area contributed by atoms with Gasteiger partial charge in [-0.05, 0) is 25.0 Å². The first kappa shape index (κ1) is 14.0. The van der Waals surface area contributed by atoms with Gasteiger partial charge in [0.1, 0.15) is 5.15 Å². The van der Waals surface area contributed by atoms with Crippen molar-refractivity contribution >= 4 is 23.2 Å². The van der Waals surface area contributed by atoms with Gasteiger partial charge in [-0.2, -0.15) is 0 Å². The normalized spacial score (nSPS) is 10.6. The van der Waals surface area contributed by atoms with Gasteiger partial charge < -0.3 is 5.32 Å². The first-order valence-electron chi connectivity index (χ1n) is 6.09. The number of nitrogens with one attached hydrogen (secondary N) is 1. The molecule has 3 nitrogen and oxygen atoms in total. The van der Waals surface area contributed by atoms with Gasteiger partial charge in [0.05, 0.1) is 11.9 Å². The molecule has 0 aromatic carbocycles. The van der Waals surface area contributed by atoms with Crippen molar-refractivity contribution in [1.29, 1.82) is 0 Å². The van der Waals surface area contributed by atoms with Gasteiger partial charge in [-0.1, -0.05) is 38.3 Å². The Bertz CT molecular complexity index is 345. The topological polar surface area (TPSA) is 42.0 Å². The molecule has 4 heteroatoms. The third kappa shape index (κ3) is 4.73. The van der Waals surface area contributed by atoms with Crippen molar-refractivity contribution in [2.24, 2.45) is 5.92 Å². The SMILES string of the molecule is CCCC(CCC)C(=O)Nc1ccc(Cl)nc1. The van der Waals surface area contributed by atoms with E-state index < -0.39 is 0 Å². The molecule has 0 bridgehead atoms. The molecule has 0 spiro atoms. The molecule has 0 radical (unpaired) electrons. The number of anilines is 1. The lowest BCUT2D eigenvalue weighted by Crippen LogP contribution is -2.22. The molecule has 17 heavy (non-hydrogen) atoms. The smallest absolute Gasteiger partial charge is 0.227 e. The Hall–Kier alpha value is -1.09. The van der Waals surface area contributed by atoms with Crippen LogP contribution < -0.4 is 5.32 Å². The van der Waals surface area contributed by atoms with E-state index in [1.165, 1.54) is 0 Å². The largest absolute Gasteiger partial charge is 0.324 e. The minimum atomic E-state index is 0.0813. The van der Waals surface area contributed by atoms with Crippen molar-refractivity contribution in [3.8, 4) is 0 Å². The molecule has 0 aliphatic heterocycles. The maximum atomic E-state index is 12.0. The standard InChI is InChI=1S/C13H19ClN2O/c1-3-5-10(6-4-2)13(17)16-11-7-8-12(14)15-9-11/h7-10H,3-6H2,1-2H3,(H,16,17). The molecule has 1 aromatic rings. The van der Waals surface area contributed by atoms with Crippen molar-refractivity contribution in [3.05, 3.63) is 23.5 Å². The molecule has 0 atom stereocenters. The van der Waals surface area contributed by atoms with Gasteiger partial charge in [0.2, 0.25) is 5.91 Å². The molecular weight excluding hydrogens is 236 g/mol. The minimum absolute atomic E-state index is 0.0813. The van der Waals surface area contributed by atoms with Crippen LogP contribution in [0.3, 0.4) is 0 Å². The molecule has 1 aromatic heterocycles. The Balaban J connectivity index is 2.59. The van der Waals surface area contributed by atoms with Crippen LogP contribution in [0.15, 0.2) is 18.3 Å². The number of hydrogen-bond donors (Lipinski definition) is 1. The summed E-state index contributed by atoms with van der Waals surface area (Å²) in [7, 11) is 0. The van der Waals surface area contributed by atoms with Crippen molar-refractivity contribution in [1.82, 2.24) is 4.98 Å². The van der Waals surface area contributed by atoms with Gasteiger partial charge in [-0.15, -0.1) is 0 Å². The van der Waals surface area contributed by atoms with E-state index in [-0.39, 0.29) is 11.8 Å². The average Bonchev–Trinajstić information content (AvgIpc) is 2.32.